The first kappa shape index (κ1) is 14.5. The minimum atomic E-state index is -0.337. The van der Waals surface area contributed by atoms with Gasteiger partial charge in [-0.2, -0.15) is 0 Å². The van der Waals surface area contributed by atoms with Crippen LogP contribution in [0.2, 0.25) is 0 Å². The number of nitrogens with zero attached hydrogens (tertiary/aromatic N) is 2. The predicted molar refractivity (Wildman–Crippen MR) is 83.0 cm³/mol. The zero-order chi connectivity index (χ0) is 15.3. The van der Waals surface area contributed by atoms with Crippen molar-refractivity contribution in [1.29, 1.82) is 0 Å². The van der Waals surface area contributed by atoms with Gasteiger partial charge in [0.1, 0.15) is 0 Å². The molecule has 1 saturated carbocycles. The van der Waals surface area contributed by atoms with Gasteiger partial charge in [-0.3, -0.25) is 15.0 Å². The molecule has 1 aromatic rings. The van der Waals surface area contributed by atoms with E-state index in [1.807, 2.05) is 12.1 Å². The van der Waals surface area contributed by atoms with Crippen molar-refractivity contribution in [3.05, 3.63) is 39.9 Å². The Kier molecular flexibility index (Phi) is 3.32. The highest BCUT2D eigenvalue weighted by molar-refractivity contribution is 5.33. The fourth-order valence-electron chi connectivity index (χ4n) is 4.72. The van der Waals surface area contributed by atoms with E-state index in [2.05, 4.69) is 25.7 Å². The first-order chi connectivity index (χ1) is 9.76. The molecule has 0 spiro atoms. The van der Waals surface area contributed by atoms with E-state index in [9.17, 15) is 10.1 Å². The van der Waals surface area contributed by atoms with Gasteiger partial charge in [0.25, 0.3) is 5.69 Å². The van der Waals surface area contributed by atoms with E-state index in [4.69, 9.17) is 0 Å². The van der Waals surface area contributed by atoms with Gasteiger partial charge in [-0.05, 0) is 35.7 Å². The molecule has 1 aromatic carbocycles. The Morgan fingerprint density at radius 3 is 2.52 bits per heavy atom. The second-order valence-corrected chi connectivity index (χ2v) is 8.04. The van der Waals surface area contributed by atoms with Crippen LogP contribution in [0.1, 0.15) is 45.6 Å². The summed E-state index contributed by atoms with van der Waals surface area (Å²) in [7, 11) is 0. The number of fused-ring (bicyclic) bond motifs is 2. The molecule has 0 radical (unpaired) electrons. The Labute approximate surface area is 126 Å². The lowest BCUT2D eigenvalue weighted by Crippen LogP contribution is -2.34. The number of nitro benzene ring substituents is 1. The second kappa shape index (κ2) is 4.80. The van der Waals surface area contributed by atoms with Crippen molar-refractivity contribution in [2.24, 2.45) is 10.8 Å². The molecular formula is C17H24N2O2. The van der Waals surface area contributed by atoms with Crippen molar-refractivity contribution in [1.82, 2.24) is 4.90 Å². The highest BCUT2D eigenvalue weighted by Gasteiger charge is 2.49. The minimum absolute atomic E-state index is 0.173. The summed E-state index contributed by atoms with van der Waals surface area (Å²) in [6, 6.07) is 7.68. The summed E-state index contributed by atoms with van der Waals surface area (Å²) >= 11 is 0. The number of likely N-dealkylation sites (tertiary alicyclic amines) is 1. The number of hydrogen-bond acceptors (Lipinski definition) is 3. The van der Waals surface area contributed by atoms with Gasteiger partial charge >= 0.3 is 0 Å². The summed E-state index contributed by atoms with van der Waals surface area (Å²) < 4.78 is 0. The minimum Gasteiger partial charge on any atom is -0.296 e. The van der Waals surface area contributed by atoms with Crippen molar-refractivity contribution in [3.63, 3.8) is 0 Å². The van der Waals surface area contributed by atoms with Crippen molar-refractivity contribution < 1.29 is 4.92 Å². The average molecular weight is 288 g/mol. The molecule has 1 aliphatic heterocycles. The van der Waals surface area contributed by atoms with Crippen molar-refractivity contribution in [2.75, 3.05) is 6.54 Å². The molecule has 1 heterocycles. The predicted octanol–water partition coefficient (Wildman–Crippen LogP) is 4.00. The van der Waals surface area contributed by atoms with E-state index in [0.29, 0.717) is 16.9 Å². The van der Waals surface area contributed by atoms with Crippen LogP contribution in [-0.2, 0) is 6.54 Å². The van der Waals surface area contributed by atoms with Gasteiger partial charge in [-0.25, -0.2) is 0 Å². The van der Waals surface area contributed by atoms with Crippen molar-refractivity contribution in [2.45, 2.75) is 52.6 Å². The monoisotopic (exact) mass is 288 g/mol. The highest BCUT2D eigenvalue weighted by atomic mass is 16.6. The van der Waals surface area contributed by atoms with Gasteiger partial charge in [0.15, 0.2) is 0 Å². The first-order valence-corrected chi connectivity index (χ1v) is 7.74. The number of rotatable bonds is 3. The largest absolute Gasteiger partial charge is 0.296 e. The fraction of sp³-hybridized carbons (Fsp3) is 0.647. The first-order valence-electron chi connectivity index (χ1n) is 7.74. The lowest BCUT2D eigenvalue weighted by molar-refractivity contribution is -0.384. The van der Waals surface area contributed by atoms with Crippen LogP contribution in [0.4, 0.5) is 5.69 Å². The van der Waals surface area contributed by atoms with Crippen LogP contribution >= 0.6 is 0 Å². The van der Waals surface area contributed by atoms with Gasteiger partial charge in [-0.15, -0.1) is 0 Å². The number of benzene rings is 1. The van der Waals surface area contributed by atoms with E-state index in [1.54, 1.807) is 12.1 Å². The van der Waals surface area contributed by atoms with Crippen LogP contribution in [0, 0.1) is 20.9 Å². The summed E-state index contributed by atoms with van der Waals surface area (Å²) in [5.74, 6) is 0. The van der Waals surface area contributed by atoms with Crippen LogP contribution in [0.15, 0.2) is 24.3 Å². The topological polar surface area (TPSA) is 46.4 Å². The smallest absolute Gasteiger partial charge is 0.269 e. The maximum atomic E-state index is 10.7. The Bertz CT molecular complexity index is 552. The molecule has 1 saturated heterocycles. The molecule has 21 heavy (non-hydrogen) atoms. The molecule has 0 amide bonds. The van der Waals surface area contributed by atoms with E-state index in [-0.39, 0.29) is 10.6 Å². The standard InChI is InChI=1S/C17H24N2O2/c1-16(2)8-15-9-17(3,11-16)12-18(15)10-13-4-6-14(7-5-13)19(20)21/h4-7,15H,8-12H2,1-3H3. The molecule has 4 heteroatoms. The molecule has 1 aliphatic carbocycles. The molecule has 2 bridgehead atoms. The maximum absolute atomic E-state index is 10.7. The third kappa shape index (κ3) is 2.95. The van der Waals surface area contributed by atoms with Crippen LogP contribution < -0.4 is 0 Å². The SMILES string of the molecule is CC1(C)CC2CC(C)(CN2Cc2ccc([N+](=O)[O-])cc2)C1. The van der Waals surface area contributed by atoms with Gasteiger partial charge in [0, 0.05) is 31.3 Å². The normalized spacial score (nSPS) is 31.3. The van der Waals surface area contributed by atoms with Gasteiger partial charge in [-0.1, -0.05) is 32.9 Å². The third-order valence-corrected chi connectivity index (χ3v) is 5.06. The van der Waals surface area contributed by atoms with E-state index < -0.39 is 0 Å². The van der Waals surface area contributed by atoms with E-state index >= 15 is 0 Å². The lowest BCUT2D eigenvalue weighted by atomic mass is 9.65. The molecule has 2 fully saturated rings. The highest BCUT2D eigenvalue weighted by Crippen LogP contribution is 2.52. The Balaban J connectivity index is 1.73. The molecule has 2 aliphatic rings. The molecule has 0 N–H and O–H groups in total. The summed E-state index contributed by atoms with van der Waals surface area (Å²) in [6.45, 7) is 9.24. The van der Waals surface area contributed by atoms with E-state index in [1.165, 1.54) is 24.8 Å². The summed E-state index contributed by atoms with van der Waals surface area (Å²) in [6.07, 6.45) is 3.85. The number of non-ortho nitro benzene ring substituents is 1. The van der Waals surface area contributed by atoms with Crippen LogP contribution in [0.5, 0.6) is 0 Å². The molecule has 2 unspecified atom stereocenters. The van der Waals surface area contributed by atoms with Gasteiger partial charge in [0.05, 0.1) is 4.92 Å². The maximum Gasteiger partial charge on any atom is 0.269 e. The Hall–Kier alpha value is -1.42. The van der Waals surface area contributed by atoms with Crippen LogP contribution in [0.3, 0.4) is 0 Å². The second-order valence-electron chi connectivity index (χ2n) is 8.04. The Morgan fingerprint density at radius 2 is 1.90 bits per heavy atom. The zero-order valence-electron chi connectivity index (χ0n) is 13.1. The van der Waals surface area contributed by atoms with E-state index in [0.717, 1.165) is 13.1 Å². The summed E-state index contributed by atoms with van der Waals surface area (Å²) in [4.78, 5) is 13.0. The van der Waals surface area contributed by atoms with Crippen molar-refractivity contribution in [3.8, 4) is 0 Å². The van der Waals surface area contributed by atoms with Gasteiger partial charge in [0.2, 0.25) is 0 Å². The third-order valence-electron chi connectivity index (χ3n) is 5.06. The van der Waals surface area contributed by atoms with Crippen LogP contribution in [0.25, 0.3) is 0 Å². The molecule has 4 nitrogen and oxygen atoms in total. The zero-order valence-corrected chi connectivity index (χ0v) is 13.1. The molecule has 3 rings (SSSR count). The van der Waals surface area contributed by atoms with Gasteiger partial charge < -0.3 is 0 Å². The lowest BCUT2D eigenvalue weighted by Gasteiger charge is -2.40. The summed E-state index contributed by atoms with van der Waals surface area (Å²) in [5.41, 5.74) is 2.22. The average Bonchev–Trinajstić information content (AvgIpc) is 2.58. The molecular weight excluding hydrogens is 264 g/mol. The molecule has 2 atom stereocenters. The summed E-state index contributed by atoms with van der Waals surface area (Å²) in [5, 5.41) is 10.7. The number of nitro groups is 1. The number of hydrogen-bond donors (Lipinski definition) is 0. The van der Waals surface area contributed by atoms with Crippen LogP contribution in [-0.4, -0.2) is 22.4 Å². The molecule has 114 valence electrons. The Morgan fingerprint density at radius 1 is 1.24 bits per heavy atom. The quantitative estimate of drug-likeness (QED) is 0.624. The fourth-order valence-corrected chi connectivity index (χ4v) is 4.72. The molecule has 0 aromatic heterocycles. The van der Waals surface area contributed by atoms with Crippen molar-refractivity contribution >= 4 is 5.69 Å².